The molecule has 6 nitrogen and oxygen atoms in total. The van der Waals surface area contributed by atoms with Gasteiger partial charge < -0.3 is 20.1 Å². The summed E-state index contributed by atoms with van der Waals surface area (Å²) in [5.41, 5.74) is 0.852. The van der Waals surface area contributed by atoms with Crippen LogP contribution >= 0.6 is 0 Å². The predicted molar refractivity (Wildman–Crippen MR) is 108 cm³/mol. The molecule has 2 aliphatic rings. The summed E-state index contributed by atoms with van der Waals surface area (Å²) in [4.78, 5) is 9.25. The lowest BCUT2D eigenvalue weighted by molar-refractivity contribution is 0.0261. The highest BCUT2D eigenvalue weighted by atomic mass is 19.1. The zero-order valence-corrected chi connectivity index (χ0v) is 16.2. The van der Waals surface area contributed by atoms with Gasteiger partial charge in [0.25, 0.3) is 0 Å². The number of fused-ring (bicyclic) bond motifs is 1. The molecule has 0 bridgehead atoms. The van der Waals surface area contributed by atoms with Crippen molar-refractivity contribution >= 4 is 16.9 Å². The molecule has 4 rings (SSSR count). The molecule has 1 aromatic heterocycles. The number of alkyl halides is 1. The Morgan fingerprint density at radius 1 is 1.07 bits per heavy atom. The zero-order chi connectivity index (χ0) is 19.2. The van der Waals surface area contributed by atoms with Crippen LogP contribution in [0.4, 0.5) is 10.3 Å². The third kappa shape index (κ3) is 4.89. The number of hydrogen-bond donors (Lipinski definition) is 2. The van der Waals surface area contributed by atoms with Gasteiger partial charge in [-0.2, -0.15) is 0 Å². The number of para-hydroxylation sites is 1. The lowest BCUT2D eigenvalue weighted by Gasteiger charge is -2.29. The Balaban J connectivity index is 1.41. The number of aromatic nitrogens is 2. The van der Waals surface area contributed by atoms with Gasteiger partial charge in [-0.3, -0.25) is 0 Å². The second-order valence-corrected chi connectivity index (χ2v) is 7.65. The van der Waals surface area contributed by atoms with Crippen LogP contribution in [-0.4, -0.2) is 54.6 Å². The molecule has 1 aliphatic heterocycles. The van der Waals surface area contributed by atoms with Gasteiger partial charge in [-0.1, -0.05) is 12.1 Å². The van der Waals surface area contributed by atoms with Crippen LogP contribution in [0.2, 0.25) is 0 Å². The van der Waals surface area contributed by atoms with Crippen molar-refractivity contribution in [2.75, 3.05) is 31.7 Å². The second-order valence-electron chi connectivity index (χ2n) is 7.65. The molecule has 0 spiro atoms. The number of rotatable bonds is 7. The molecule has 1 saturated carbocycles. The van der Waals surface area contributed by atoms with E-state index >= 15 is 0 Å². The summed E-state index contributed by atoms with van der Waals surface area (Å²) in [6.07, 6.45) is 8.01. The van der Waals surface area contributed by atoms with Gasteiger partial charge in [0.2, 0.25) is 5.95 Å². The Morgan fingerprint density at radius 2 is 1.86 bits per heavy atom. The topological polar surface area (TPSA) is 68.3 Å². The maximum atomic E-state index is 12.3. The van der Waals surface area contributed by atoms with Gasteiger partial charge in [0.1, 0.15) is 24.0 Å². The van der Waals surface area contributed by atoms with Gasteiger partial charge in [-0.05, 0) is 31.7 Å². The van der Waals surface area contributed by atoms with Gasteiger partial charge in [0.15, 0.2) is 0 Å². The van der Waals surface area contributed by atoms with Gasteiger partial charge in [0, 0.05) is 43.1 Å². The average Bonchev–Trinajstić information content (AvgIpc) is 2.74. The number of hydrogen-bond acceptors (Lipinski definition) is 6. The summed E-state index contributed by atoms with van der Waals surface area (Å²) in [5.74, 6) is 1.46. The molecular formula is C21H29FN4O2. The highest BCUT2D eigenvalue weighted by Crippen LogP contribution is 2.28. The zero-order valence-electron chi connectivity index (χ0n) is 16.2. The van der Waals surface area contributed by atoms with Crippen molar-refractivity contribution in [1.82, 2.24) is 15.3 Å². The van der Waals surface area contributed by atoms with Gasteiger partial charge in [-0.25, -0.2) is 14.4 Å². The van der Waals surface area contributed by atoms with E-state index in [0.717, 1.165) is 68.4 Å². The highest BCUT2D eigenvalue weighted by molar-refractivity contribution is 5.84. The van der Waals surface area contributed by atoms with Crippen LogP contribution in [0.1, 0.15) is 38.5 Å². The van der Waals surface area contributed by atoms with E-state index in [0.29, 0.717) is 24.6 Å². The Labute approximate surface area is 165 Å². The van der Waals surface area contributed by atoms with Crippen LogP contribution in [0.15, 0.2) is 24.4 Å². The first-order valence-electron chi connectivity index (χ1n) is 10.4. The number of halogens is 1. The number of nitrogens with one attached hydrogen (secondary N) is 2. The number of ether oxygens (including phenoxy) is 2. The summed E-state index contributed by atoms with van der Waals surface area (Å²) < 4.78 is 24.0. The molecular weight excluding hydrogens is 359 g/mol. The smallest absolute Gasteiger partial charge is 0.223 e. The maximum absolute atomic E-state index is 12.3. The fourth-order valence-corrected chi connectivity index (χ4v) is 4.05. The summed E-state index contributed by atoms with van der Waals surface area (Å²) in [6.45, 7) is 1.65. The number of nitrogens with zero attached hydrogens (tertiary/aromatic N) is 2. The van der Waals surface area contributed by atoms with Crippen molar-refractivity contribution in [2.24, 2.45) is 0 Å². The first-order valence-corrected chi connectivity index (χ1v) is 10.4. The molecule has 0 unspecified atom stereocenters. The lowest BCUT2D eigenvalue weighted by atomic mass is 9.91. The Kier molecular flexibility index (Phi) is 6.54. The molecule has 28 heavy (non-hydrogen) atoms. The minimum absolute atomic E-state index is 0.179. The van der Waals surface area contributed by atoms with Crippen molar-refractivity contribution in [2.45, 2.75) is 56.7 Å². The van der Waals surface area contributed by atoms with Crippen molar-refractivity contribution in [3.8, 4) is 5.75 Å². The molecule has 1 aliphatic carbocycles. The van der Waals surface area contributed by atoms with Gasteiger partial charge in [0.05, 0.1) is 13.2 Å². The third-order valence-electron chi connectivity index (χ3n) is 5.62. The quantitative estimate of drug-likeness (QED) is 0.757. The summed E-state index contributed by atoms with van der Waals surface area (Å²) >= 11 is 0. The van der Waals surface area contributed by atoms with E-state index in [4.69, 9.17) is 14.5 Å². The Bertz CT molecular complexity index is 761. The van der Waals surface area contributed by atoms with Crippen LogP contribution in [0.3, 0.4) is 0 Å². The Hall–Kier alpha value is -1.99. The minimum atomic E-state index is -0.304. The van der Waals surface area contributed by atoms with Gasteiger partial charge in [-0.15, -0.1) is 0 Å². The van der Waals surface area contributed by atoms with E-state index < -0.39 is 0 Å². The maximum Gasteiger partial charge on any atom is 0.223 e. The lowest BCUT2D eigenvalue weighted by Crippen LogP contribution is -2.38. The molecule has 7 heteroatoms. The van der Waals surface area contributed by atoms with Crippen molar-refractivity contribution in [3.63, 3.8) is 0 Å². The molecule has 0 amide bonds. The molecule has 0 radical (unpaired) electrons. The van der Waals surface area contributed by atoms with Crippen molar-refractivity contribution in [3.05, 3.63) is 24.4 Å². The van der Waals surface area contributed by atoms with Crippen LogP contribution in [-0.2, 0) is 4.74 Å². The summed E-state index contributed by atoms with van der Waals surface area (Å²) in [6, 6.07) is 6.75. The van der Waals surface area contributed by atoms with Crippen LogP contribution in [0, 0.1) is 0 Å². The van der Waals surface area contributed by atoms with Crippen LogP contribution in [0.5, 0.6) is 5.75 Å². The van der Waals surface area contributed by atoms with Gasteiger partial charge >= 0.3 is 0 Å². The highest BCUT2D eigenvalue weighted by Gasteiger charge is 2.22. The minimum Gasteiger partial charge on any atom is -0.488 e. The van der Waals surface area contributed by atoms with E-state index in [2.05, 4.69) is 15.6 Å². The number of benzene rings is 1. The fourth-order valence-electron chi connectivity index (χ4n) is 4.05. The molecule has 2 fully saturated rings. The molecule has 2 N–H and O–H groups in total. The standard InChI is InChI=1S/C21H29FN4O2/c22-10-11-23-16-4-6-17(7-5-16)25-21-24-14-15-2-1-3-19(20(15)26-21)28-18-8-12-27-13-9-18/h1-3,14,16-18,23H,4-13H2,(H,24,25,26). The largest absolute Gasteiger partial charge is 0.488 e. The van der Waals surface area contributed by atoms with E-state index in [1.165, 1.54) is 0 Å². The summed E-state index contributed by atoms with van der Waals surface area (Å²) in [5, 5.41) is 7.73. The molecule has 0 atom stereocenters. The summed E-state index contributed by atoms with van der Waals surface area (Å²) in [7, 11) is 0. The molecule has 2 aromatic rings. The normalized spacial score (nSPS) is 23.6. The molecule has 1 saturated heterocycles. The fraction of sp³-hybridized carbons (Fsp3) is 0.619. The van der Waals surface area contributed by atoms with Crippen LogP contribution in [0.25, 0.3) is 10.9 Å². The predicted octanol–water partition coefficient (Wildman–Crippen LogP) is 3.47. The van der Waals surface area contributed by atoms with Crippen molar-refractivity contribution < 1.29 is 13.9 Å². The van der Waals surface area contributed by atoms with E-state index in [9.17, 15) is 4.39 Å². The molecule has 1 aromatic carbocycles. The van der Waals surface area contributed by atoms with Crippen LogP contribution < -0.4 is 15.4 Å². The second kappa shape index (κ2) is 9.47. The van der Waals surface area contributed by atoms with E-state index in [-0.39, 0.29) is 12.8 Å². The Morgan fingerprint density at radius 3 is 2.64 bits per heavy atom. The SMILES string of the molecule is FCCNC1CCC(Nc2ncc3cccc(OC4CCOCC4)c3n2)CC1. The first-order chi connectivity index (χ1) is 13.8. The average molecular weight is 388 g/mol. The van der Waals surface area contributed by atoms with E-state index in [1.807, 2.05) is 24.4 Å². The first kappa shape index (κ1) is 19.3. The van der Waals surface area contributed by atoms with E-state index in [1.54, 1.807) is 0 Å². The third-order valence-corrected chi connectivity index (χ3v) is 5.62. The van der Waals surface area contributed by atoms with Crippen molar-refractivity contribution in [1.29, 1.82) is 0 Å². The molecule has 152 valence electrons. The molecule has 2 heterocycles. The monoisotopic (exact) mass is 388 g/mol. The number of anilines is 1.